The lowest BCUT2D eigenvalue weighted by Gasteiger charge is -2.07. The van der Waals surface area contributed by atoms with E-state index in [-0.39, 0.29) is 17.1 Å². The van der Waals surface area contributed by atoms with Gasteiger partial charge in [-0.15, -0.1) is 0 Å². The summed E-state index contributed by atoms with van der Waals surface area (Å²) in [5.41, 5.74) is 0.728. The van der Waals surface area contributed by atoms with Crippen molar-refractivity contribution >= 4 is 52.5 Å². The molecule has 0 saturated carbocycles. The molecule has 0 bridgehead atoms. The molecule has 1 heterocycles. The molecule has 1 aromatic carbocycles. The summed E-state index contributed by atoms with van der Waals surface area (Å²) in [6, 6.07) is 4.55. The predicted molar refractivity (Wildman–Crippen MR) is 72.8 cm³/mol. The number of nitrogens with one attached hydrogen (secondary N) is 1. The Kier molecular flexibility index (Phi) is 4.06. The Morgan fingerprint density at radius 1 is 1.21 bits per heavy atom. The smallest absolute Gasteiger partial charge is 0.212 e. The van der Waals surface area contributed by atoms with Gasteiger partial charge in [-0.2, -0.15) is 8.73 Å². The minimum atomic E-state index is -3.85. The zero-order valence-corrected chi connectivity index (χ0v) is 12.5. The summed E-state index contributed by atoms with van der Waals surface area (Å²) >= 11 is 0.902. The number of benzene rings is 1. The summed E-state index contributed by atoms with van der Waals surface area (Å²) in [4.78, 5) is -0.0364. The van der Waals surface area contributed by atoms with Crippen molar-refractivity contribution in [1.82, 2.24) is 4.72 Å². The van der Waals surface area contributed by atoms with Crippen molar-refractivity contribution in [3.8, 4) is 0 Å². The van der Waals surface area contributed by atoms with Gasteiger partial charge < -0.3 is 0 Å². The molecule has 19 heavy (non-hydrogen) atoms. The molecule has 1 aliphatic heterocycles. The van der Waals surface area contributed by atoms with Gasteiger partial charge in [0.15, 0.2) is 0 Å². The number of nitrogens with zero attached hydrogens (tertiary/aromatic N) is 2. The molecule has 1 aliphatic rings. The van der Waals surface area contributed by atoms with E-state index in [0.29, 0.717) is 5.69 Å². The lowest BCUT2D eigenvalue weighted by Crippen LogP contribution is -2.28. The molecule has 0 aromatic heterocycles. The first-order valence-electron chi connectivity index (χ1n) is 4.93. The maximum atomic E-state index is 12.0. The van der Waals surface area contributed by atoms with Crippen LogP contribution in [0.3, 0.4) is 0 Å². The van der Waals surface area contributed by atoms with Gasteiger partial charge in [0, 0.05) is 17.2 Å². The van der Waals surface area contributed by atoms with Gasteiger partial charge in [-0.3, -0.25) is 0 Å². The lowest BCUT2D eigenvalue weighted by molar-refractivity contribution is 0.583. The van der Waals surface area contributed by atoms with E-state index >= 15 is 0 Å². The molecule has 0 unspecified atom stereocenters. The van der Waals surface area contributed by atoms with Crippen LogP contribution in [-0.2, 0) is 30.4 Å². The first-order valence-corrected chi connectivity index (χ1v) is 9.62. The molecule has 0 saturated heterocycles. The zero-order valence-electron chi connectivity index (χ0n) is 9.28. The maximum absolute atomic E-state index is 12.0. The average molecular weight is 342 g/mol. The standard InChI is InChI=1S/C8H8ClN3O4S3/c9-18(13,14)5-4-10-19(15,16)7-3-1-2-6-8(7)12-17-11-6/h1-3,10H,4-5H2. The quantitative estimate of drug-likeness (QED) is 0.826. The van der Waals surface area contributed by atoms with E-state index in [4.69, 9.17) is 10.7 Å². The maximum Gasteiger partial charge on any atom is 0.242 e. The molecular weight excluding hydrogens is 334 g/mol. The van der Waals surface area contributed by atoms with Gasteiger partial charge in [0.25, 0.3) is 0 Å². The number of halogens is 1. The molecule has 1 N–H and O–H groups in total. The number of sulfonamides is 1. The van der Waals surface area contributed by atoms with Crippen LogP contribution in [0.5, 0.6) is 0 Å². The van der Waals surface area contributed by atoms with Crippen molar-refractivity contribution in [3.63, 3.8) is 0 Å². The van der Waals surface area contributed by atoms with Crippen LogP contribution in [0.4, 0.5) is 11.4 Å². The van der Waals surface area contributed by atoms with E-state index in [0.717, 1.165) is 11.4 Å². The number of hydrogen-bond acceptors (Lipinski definition) is 6. The summed E-state index contributed by atoms with van der Waals surface area (Å²) < 4.78 is 55.5. The van der Waals surface area contributed by atoms with Gasteiger partial charge in [-0.25, -0.2) is 21.6 Å². The van der Waals surface area contributed by atoms with Gasteiger partial charge in [0.2, 0.25) is 19.1 Å². The Morgan fingerprint density at radius 3 is 2.63 bits per heavy atom. The van der Waals surface area contributed by atoms with E-state index < -0.39 is 24.8 Å². The highest BCUT2D eigenvalue weighted by atomic mass is 35.7. The molecule has 1 aromatic rings. The van der Waals surface area contributed by atoms with Crippen molar-refractivity contribution in [3.05, 3.63) is 18.2 Å². The number of fused-ring (bicyclic) bond motifs is 1. The van der Waals surface area contributed by atoms with Gasteiger partial charge in [-0.05, 0) is 12.1 Å². The summed E-state index contributed by atoms with van der Waals surface area (Å²) in [6.45, 7) is -0.303. The highest BCUT2D eigenvalue weighted by Crippen LogP contribution is 2.37. The topological polar surface area (TPSA) is 105 Å². The normalized spacial score (nSPS) is 14.2. The van der Waals surface area contributed by atoms with Crippen molar-refractivity contribution < 1.29 is 16.8 Å². The Hall–Kier alpha value is -0.810. The summed E-state index contributed by atoms with van der Waals surface area (Å²) in [6.07, 6.45) is 0. The van der Waals surface area contributed by atoms with E-state index in [1.54, 1.807) is 6.07 Å². The largest absolute Gasteiger partial charge is 0.242 e. The monoisotopic (exact) mass is 341 g/mol. The first kappa shape index (κ1) is 14.6. The molecule has 0 spiro atoms. The minimum Gasteiger partial charge on any atom is -0.212 e. The summed E-state index contributed by atoms with van der Waals surface area (Å²) in [7, 11) is -2.59. The second kappa shape index (κ2) is 5.29. The molecule has 0 aliphatic carbocycles. The third kappa shape index (κ3) is 3.60. The Balaban J connectivity index is 2.22. The van der Waals surface area contributed by atoms with Crippen molar-refractivity contribution in [1.29, 1.82) is 0 Å². The number of hydrogen-bond donors (Lipinski definition) is 1. The van der Waals surface area contributed by atoms with Gasteiger partial charge >= 0.3 is 0 Å². The summed E-state index contributed by atoms with van der Waals surface area (Å²) in [5, 5.41) is 0. The van der Waals surface area contributed by atoms with Gasteiger partial charge in [0.05, 0.1) is 17.1 Å². The predicted octanol–water partition coefficient (Wildman–Crippen LogP) is 1.26. The fourth-order valence-corrected chi connectivity index (χ4v) is 3.88. The highest BCUT2D eigenvalue weighted by molar-refractivity contribution is 8.13. The third-order valence-corrected chi connectivity index (χ3v) is 5.37. The van der Waals surface area contributed by atoms with Crippen LogP contribution in [-0.4, -0.2) is 29.1 Å². The Bertz CT molecular complexity index is 781. The molecule has 104 valence electrons. The average Bonchev–Trinajstić information content (AvgIpc) is 2.73. The van der Waals surface area contributed by atoms with E-state index in [1.165, 1.54) is 12.1 Å². The summed E-state index contributed by atoms with van der Waals surface area (Å²) in [5.74, 6) is -0.487. The van der Waals surface area contributed by atoms with Gasteiger partial charge in [-0.1, -0.05) is 6.07 Å². The number of rotatable bonds is 5. The van der Waals surface area contributed by atoms with Crippen molar-refractivity contribution in [2.75, 3.05) is 12.3 Å². The second-order valence-corrected chi connectivity index (χ2v) is 8.69. The molecule has 0 atom stereocenters. The molecular formula is C8H8ClN3O4S3. The Morgan fingerprint density at radius 2 is 1.95 bits per heavy atom. The van der Waals surface area contributed by atoms with Crippen LogP contribution >= 0.6 is 10.7 Å². The molecule has 0 fully saturated rings. The van der Waals surface area contributed by atoms with Crippen LogP contribution < -0.4 is 4.72 Å². The fraction of sp³-hybridized carbons (Fsp3) is 0.250. The minimum absolute atomic E-state index is 0.0364. The van der Waals surface area contributed by atoms with E-state index in [1.807, 2.05) is 0 Å². The van der Waals surface area contributed by atoms with Crippen LogP contribution in [0.2, 0.25) is 0 Å². The van der Waals surface area contributed by atoms with Crippen LogP contribution in [0.15, 0.2) is 31.8 Å². The van der Waals surface area contributed by atoms with Crippen molar-refractivity contribution in [2.24, 2.45) is 8.73 Å². The van der Waals surface area contributed by atoms with E-state index in [2.05, 4.69) is 13.4 Å². The SMILES string of the molecule is O=S(=O)(Cl)CCNS(=O)(=O)c1cccc2c1N=S=N2. The fourth-order valence-electron chi connectivity index (χ4n) is 1.37. The van der Waals surface area contributed by atoms with Gasteiger partial charge in [0.1, 0.15) is 16.3 Å². The van der Waals surface area contributed by atoms with Crippen molar-refractivity contribution in [2.45, 2.75) is 4.90 Å². The van der Waals surface area contributed by atoms with Crippen LogP contribution in [0.25, 0.3) is 0 Å². The van der Waals surface area contributed by atoms with E-state index in [9.17, 15) is 16.8 Å². The molecule has 2 rings (SSSR count). The lowest BCUT2D eigenvalue weighted by atomic mass is 10.3. The van der Waals surface area contributed by atoms with Crippen LogP contribution in [0.1, 0.15) is 0 Å². The third-order valence-electron chi connectivity index (χ3n) is 2.18. The zero-order chi connectivity index (χ0) is 14.1. The molecule has 0 radical (unpaired) electrons. The first-order chi connectivity index (χ1) is 8.80. The highest BCUT2D eigenvalue weighted by Gasteiger charge is 2.22. The molecule has 0 amide bonds. The molecule has 7 nitrogen and oxygen atoms in total. The van der Waals surface area contributed by atoms with Crippen LogP contribution in [0, 0.1) is 0 Å². The Labute approximate surface area is 118 Å². The second-order valence-electron chi connectivity index (χ2n) is 3.53. The molecule has 11 heteroatoms.